The van der Waals surface area contributed by atoms with Gasteiger partial charge < -0.3 is 4.74 Å². The number of aryl methyl sites for hydroxylation is 2. The Bertz CT molecular complexity index is 742. The van der Waals surface area contributed by atoms with Gasteiger partial charge in [-0.1, -0.05) is 13.0 Å². The van der Waals surface area contributed by atoms with E-state index in [2.05, 4.69) is 0 Å². The molecule has 2 aromatic rings. The number of alkyl halides is 3. The van der Waals surface area contributed by atoms with Gasteiger partial charge in [-0.25, -0.2) is 0 Å². The fourth-order valence-corrected chi connectivity index (χ4v) is 2.18. The minimum Gasteiger partial charge on any atom is -0.450 e. The van der Waals surface area contributed by atoms with Crippen molar-refractivity contribution in [2.45, 2.75) is 26.4 Å². The van der Waals surface area contributed by atoms with Crippen LogP contribution in [0.4, 0.5) is 18.9 Å². The third kappa shape index (κ3) is 3.80. The first-order chi connectivity index (χ1) is 10.7. The second-order valence-corrected chi connectivity index (χ2v) is 4.98. The van der Waals surface area contributed by atoms with Crippen molar-refractivity contribution in [3.8, 4) is 11.5 Å². The number of nitrogens with zero attached hydrogens (tertiary/aromatic N) is 1. The molecule has 122 valence electrons. The fourth-order valence-electron chi connectivity index (χ4n) is 2.18. The molecule has 0 aliphatic rings. The lowest BCUT2D eigenvalue weighted by molar-refractivity contribution is -0.385. The first-order valence-electron chi connectivity index (χ1n) is 6.85. The first kappa shape index (κ1) is 16.8. The van der Waals surface area contributed by atoms with Crippen LogP contribution in [-0.4, -0.2) is 4.92 Å². The summed E-state index contributed by atoms with van der Waals surface area (Å²) in [4.78, 5) is 10.1. The van der Waals surface area contributed by atoms with Crippen LogP contribution in [0.25, 0.3) is 0 Å². The molecule has 2 aromatic carbocycles. The smallest absolute Gasteiger partial charge is 0.416 e. The quantitative estimate of drug-likeness (QED) is 0.568. The van der Waals surface area contributed by atoms with Crippen LogP contribution < -0.4 is 4.74 Å². The van der Waals surface area contributed by atoms with E-state index in [0.717, 1.165) is 29.7 Å². The highest BCUT2D eigenvalue weighted by molar-refractivity contribution is 5.51. The molecule has 0 saturated heterocycles. The van der Waals surface area contributed by atoms with Gasteiger partial charge in [0, 0.05) is 6.07 Å². The van der Waals surface area contributed by atoms with Crippen molar-refractivity contribution in [3.05, 3.63) is 63.2 Å². The van der Waals surface area contributed by atoms with Crippen molar-refractivity contribution in [2.75, 3.05) is 0 Å². The molecule has 0 heterocycles. The molecule has 7 heteroatoms. The summed E-state index contributed by atoms with van der Waals surface area (Å²) in [5, 5.41) is 11.0. The first-order valence-corrected chi connectivity index (χ1v) is 6.85. The zero-order valence-corrected chi connectivity index (χ0v) is 12.5. The zero-order chi connectivity index (χ0) is 17.2. The maximum Gasteiger partial charge on any atom is 0.416 e. The molecule has 2 rings (SSSR count). The van der Waals surface area contributed by atoms with Gasteiger partial charge in [-0.05, 0) is 48.7 Å². The number of ether oxygens (including phenoxy) is 1. The maximum absolute atomic E-state index is 12.7. The van der Waals surface area contributed by atoms with Gasteiger partial charge in [0.15, 0.2) is 0 Å². The third-order valence-corrected chi connectivity index (χ3v) is 3.41. The van der Waals surface area contributed by atoms with Crippen LogP contribution in [0.5, 0.6) is 11.5 Å². The Morgan fingerprint density at radius 3 is 2.39 bits per heavy atom. The van der Waals surface area contributed by atoms with E-state index in [1.165, 1.54) is 0 Å². The highest BCUT2D eigenvalue weighted by Crippen LogP contribution is 2.38. The van der Waals surface area contributed by atoms with Crippen molar-refractivity contribution >= 4 is 5.69 Å². The highest BCUT2D eigenvalue weighted by Gasteiger charge is 2.33. The van der Waals surface area contributed by atoms with Gasteiger partial charge in [0.1, 0.15) is 5.75 Å². The van der Waals surface area contributed by atoms with Gasteiger partial charge in [-0.3, -0.25) is 10.1 Å². The molecule has 0 saturated carbocycles. The summed E-state index contributed by atoms with van der Waals surface area (Å²) in [6.07, 6.45) is -3.82. The summed E-state index contributed by atoms with van der Waals surface area (Å²) in [6, 6.07) is 7.34. The monoisotopic (exact) mass is 325 g/mol. The van der Waals surface area contributed by atoms with E-state index in [1.807, 2.05) is 19.9 Å². The van der Waals surface area contributed by atoms with Crippen LogP contribution in [0, 0.1) is 17.0 Å². The number of halogens is 3. The van der Waals surface area contributed by atoms with E-state index in [1.54, 1.807) is 12.1 Å². The Kier molecular flexibility index (Phi) is 4.58. The number of hydrogen-bond acceptors (Lipinski definition) is 3. The predicted molar refractivity (Wildman–Crippen MR) is 78.7 cm³/mol. The molecule has 0 unspecified atom stereocenters. The lowest BCUT2D eigenvalue weighted by Gasteiger charge is -2.11. The van der Waals surface area contributed by atoms with Gasteiger partial charge in [-0.2, -0.15) is 13.2 Å². The van der Waals surface area contributed by atoms with Crippen LogP contribution >= 0.6 is 0 Å². The van der Waals surface area contributed by atoms with Crippen molar-refractivity contribution in [3.63, 3.8) is 0 Å². The molecule has 0 amide bonds. The molecule has 0 bridgehead atoms. The molecule has 0 aromatic heterocycles. The third-order valence-electron chi connectivity index (χ3n) is 3.41. The van der Waals surface area contributed by atoms with Crippen molar-refractivity contribution < 1.29 is 22.8 Å². The molecule has 4 nitrogen and oxygen atoms in total. The largest absolute Gasteiger partial charge is 0.450 e. The molecule has 23 heavy (non-hydrogen) atoms. The van der Waals surface area contributed by atoms with Gasteiger partial charge in [0.25, 0.3) is 0 Å². The van der Waals surface area contributed by atoms with Gasteiger partial charge in [0.05, 0.1) is 10.5 Å². The fraction of sp³-hybridized carbons (Fsp3) is 0.250. The number of nitro benzene ring substituents is 1. The Hall–Kier alpha value is -2.57. The number of benzene rings is 2. The molecular weight excluding hydrogens is 311 g/mol. The van der Waals surface area contributed by atoms with E-state index in [0.29, 0.717) is 11.8 Å². The summed E-state index contributed by atoms with van der Waals surface area (Å²) < 4.78 is 43.4. The lowest BCUT2D eigenvalue weighted by atomic mass is 10.1. The summed E-state index contributed by atoms with van der Waals surface area (Å²) in [6.45, 7) is 3.86. The van der Waals surface area contributed by atoms with Crippen LogP contribution in [0.2, 0.25) is 0 Å². The van der Waals surface area contributed by atoms with E-state index in [-0.39, 0.29) is 5.75 Å². The molecule has 0 atom stereocenters. The second-order valence-electron chi connectivity index (χ2n) is 4.98. The van der Waals surface area contributed by atoms with Gasteiger partial charge in [-0.15, -0.1) is 0 Å². The molecular formula is C16H14F3NO3. The van der Waals surface area contributed by atoms with Crippen molar-refractivity contribution in [1.29, 1.82) is 0 Å². The number of hydrogen-bond donors (Lipinski definition) is 0. The van der Waals surface area contributed by atoms with Crippen molar-refractivity contribution in [2.24, 2.45) is 0 Å². The van der Waals surface area contributed by atoms with E-state index in [4.69, 9.17) is 4.74 Å². The average molecular weight is 325 g/mol. The summed E-state index contributed by atoms with van der Waals surface area (Å²) in [5.41, 5.74) is 0.227. The number of nitro groups is 1. The standard InChI is InChI=1S/C16H14F3NO3/c1-3-11-4-6-13(8-10(11)2)23-15-7-5-12(16(17,18)19)9-14(15)20(21)22/h4-9H,3H2,1-2H3. The lowest BCUT2D eigenvalue weighted by Crippen LogP contribution is -2.06. The average Bonchev–Trinajstić information content (AvgIpc) is 2.46. The molecule has 0 fully saturated rings. The molecule has 0 N–H and O–H groups in total. The summed E-state index contributed by atoms with van der Waals surface area (Å²) in [7, 11) is 0. The van der Waals surface area contributed by atoms with Gasteiger partial charge >= 0.3 is 11.9 Å². The Balaban J connectivity index is 2.39. The second kappa shape index (κ2) is 6.28. The normalized spacial score (nSPS) is 11.3. The summed E-state index contributed by atoms with van der Waals surface area (Å²) >= 11 is 0. The predicted octanol–water partition coefficient (Wildman–Crippen LogP) is 5.28. The Labute approximate surface area is 130 Å². The molecule has 0 aliphatic carbocycles. The topological polar surface area (TPSA) is 52.4 Å². The van der Waals surface area contributed by atoms with E-state index >= 15 is 0 Å². The van der Waals surface area contributed by atoms with Crippen molar-refractivity contribution in [1.82, 2.24) is 0 Å². The number of rotatable bonds is 4. The van der Waals surface area contributed by atoms with Crippen LogP contribution in [0.3, 0.4) is 0 Å². The highest BCUT2D eigenvalue weighted by atomic mass is 19.4. The van der Waals surface area contributed by atoms with E-state index in [9.17, 15) is 23.3 Å². The van der Waals surface area contributed by atoms with E-state index < -0.39 is 22.4 Å². The maximum atomic E-state index is 12.7. The minimum atomic E-state index is -4.65. The molecule has 0 aliphatic heterocycles. The Morgan fingerprint density at radius 1 is 1.17 bits per heavy atom. The minimum absolute atomic E-state index is 0.230. The van der Waals surface area contributed by atoms with Crippen LogP contribution in [0.15, 0.2) is 36.4 Å². The van der Waals surface area contributed by atoms with Crippen LogP contribution in [0.1, 0.15) is 23.6 Å². The molecule has 0 radical (unpaired) electrons. The Morgan fingerprint density at radius 2 is 1.87 bits per heavy atom. The molecule has 0 spiro atoms. The van der Waals surface area contributed by atoms with Gasteiger partial charge in [0.2, 0.25) is 5.75 Å². The van der Waals surface area contributed by atoms with Crippen LogP contribution in [-0.2, 0) is 12.6 Å². The SMILES string of the molecule is CCc1ccc(Oc2ccc(C(F)(F)F)cc2[N+](=O)[O-])cc1C. The zero-order valence-electron chi connectivity index (χ0n) is 12.5. The summed E-state index contributed by atoms with van der Waals surface area (Å²) in [5.74, 6) is 0.106.